The van der Waals surface area contributed by atoms with Gasteiger partial charge in [0.05, 0.1) is 13.2 Å². The largest absolute Gasteiger partial charge is 0.480 e. The zero-order valence-corrected chi connectivity index (χ0v) is 35.1. The fraction of sp³-hybridized carbons (Fsp3) is 0.614. The molecule has 56 heavy (non-hydrogen) atoms. The number of hydrogen-bond acceptors (Lipinski definition) is 9. The Bertz CT molecular complexity index is 1270. The van der Waals surface area contributed by atoms with E-state index >= 15 is 0 Å². The maximum absolute atomic E-state index is 12.6. The molecule has 0 aliphatic heterocycles. The number of phosphoric acid groups is 1. The van der Waals surface area contributed by atoms with Crippen LogP contribution in [0.2, 0.25) is 0 Å². The number of rotatable bonds is 37. The number of esters is 2. The summed E-state index contributed by atoms with van der Waals surface area (Å²) in [5.74, 6) is -2.49. The van der Waals surface area contributed by atoms with Crippen molar-refractivity contribution in [3.8, 4) is 0 Å². The molecule has 11 nitrogen and oxygen atoms in total. The molecule has 3 atom stereocenters. The first-order valence-corrected chi connectivity index (χ1v) is 22.1. The summed E-state index contributed by atoms with van der Waals surface area (Å²) in [7, 11) is -4.74. The maximum Gasteiger partial charge on any atom is 0.472 e. The number of carboxylic acid groups (broad SMARTS) is 1. The summed E-state index contributed by atoms with van der Waals surface area (Å²) in [6.07, 6.45) is 46.5. The van der Waals surface area contributed by atoms with E-state index in [9.17, 15) is 23.8 Å². The van der Waals surface area contributed by atoms with Crippen LogP contribution < -0.4 is 5.73 Å². The number of ether oxygens (including phenoxy) is 2. The van der Waals surface area contributed by atoms with Crippen LogP contribution in [0.3, 0.4) is 0 Å². The number of allylic oxidation sites excluding steroid dienone is 14. The molecule has 0 saturated carbocycles. The van der Waals surface area contributed by atoms with Gasteiger partial charge in [0.15, 0.2) is 6.10 Å². The van der Waals surface area contributed by atoms with Gasteiger partial charge in [-0.1, -0.05) is 131 Å². The number of aliphatic carboxylic acids is 1. The van der Waals surface area contributed by atoms with Crippen molar-refractivity contribution in [2.45, 2.75) is 154 Å². The summed E-state index contributed by atoms with van der Waals surface area (Å²) in [6.45, 7) is 2.56. The van der Waals surface area contributed by atoms with Gasteiger partial charge in [-0.2, -0.15) is 0 Å². The molecule has 0 fully saturated rings. The zero-order chi connectivity index (χ0) is 41.4. The van der Waals surface area contributed by atoms with E-state index in [0.29, 0.717) is 19.3 Å². The third-order valence-corrected chi connectivity index (χ3v) is 9.08. The van der Waals surface area contributed by atoms with E-state index in [4.69, 9.17) is 24.8 Å². The van der Waals surface area contributed by atoms with Crippen LogP contribution in [0.1, 0.15) is 142 Å². The Morgan fingerprint density at radius 2 is 1.02 bits per heavy atom. The molecular weight excluding hydrogens is 733 g/mol. The van der Waals surface area contributed by atoms with Gasteiger partial charge in [0.25, 0.3) is 0 Å². The van der Waals surface area contributed by atoms with Crippen LogP contribution >= 0.6 is 7.82 Å². The minimum atomic E-state index is -4.74. The highest BCUT2D eigenvalue weighted by molar-refractivity contribution is 7.47. The summed E-state index contributed by atoms with van der Waals surface area (Å²) in [5, 5.41) is 8.88. The van der Waals surface area contributed by atoms with E-state index < -0.39 is 51.1 Å². The third kappa shape index (κ3) is 37.6. The molecule has 0 radical (unpaired) electrons. The smallest absolute Gasteiger partial charge is 0.472 e. The molecule has 3 unspecified atom stereocenters. The van der Waals surface area contributed by atoms with Crippen LogP contribution in [-0.2, 0) is 37.5 Å². The van der Waals surface area contributed by atoms with E-state index in [-0.39, 0.29) is 19.4 Å². The van der Waals surface area contributed by atoms with E-state index in [0.717, 1.165) is 77.0 Å². The number of unbranched alkanes of at least 4 members (excludes halogenated alkanes) is 9. The summed E-state index contributed by atoms with van der Waals surface area (Å²) in [6, 6.07) is -1.54. The minimum Gasteiger partial charge on any atom is -0.480 e. The molecule has 0 heterocycles. The van der Waals surface area contributed by atoms with Crippen LogP contribution in [0.15, 0.2) is 85.1 Å². The number of carboxylic acids is 1. The van der Waals surface area contributed by atoms with Crippen molar-refractivity contribution < 1.29 is 47.5 Å². The highest BCUT2D eigenvalue weighted by Crippen LogP contribution is 2.43. The topological polar surface area (TPSA) is 172 Å². The minimum absolute atomic E-state index is 0.0749. The monoisotopic (exact) mass is 805 g/mol. The van der Waals surface area contributed by atoms with E-state index in [1.54, 1.807) is 0 Å². The lowest BCUT2D eigenvalue weighted by atomic mass is 10.1. The van der Waals surface area contributed by atoms with Crippen molar-refractivity contribution in [3.63, 3.8) is 0 Å². The highest BCUT2D eigenvalue weighted by Gasteiger charge is 2.28. The lowest BCUT2D eigenvalue weighted by Gasteiger charge is -2.20. The van der Waals surface area contributed by atoms with Crippen LogP contribution in [-0.4, -0.2) is 59.9 Å². The van der Waals surface area contributed by atoms with Gasteiger partial charge in [-0.05, 0) is 83.5 Å². The highest BCUT2D eigenvalue weighted by atomic mass is 31.2. The second-order valence-electron chi connectivity index (χ2n) is 13.4. The Hall–Kier alpha value is -3.34. The molecule has 0 spiro atoms. The van der Waals surface area contributed by atoms with Gasteiger partial charge in [0, 0.05) is 12.8 Å². The number of hydrogen-bond donors (Lipinski definition) is 3. The third-order valence-electron chi connectivity index (χ3n) is 8.13. The molecule has 0 amide bonds. The van der Waals surface area contributed by atoms with Crippen molar-refractivity contribution >= 4 is 25.7 Å². The van der Waals surface area contributed by atoms with Gasteiger partial charge < -0.3 is 25.2 Å². The Morgan fingerprint density at radius 1 is 0.571 bits per heavy atom. The molecular formula is C44H72NO10P. The number of carbonyl (C=O) groups is 3. The fourth-order valence-electron chi connectivity index (χ4n) is 4.89. The number of carbonyl (C=O) groups excluding carboxylic acids is 2. The first-order chi connectivity index (χ1) is 27.1. The van der Waals surface area contributed by atoms with Crippen LogP contribution in [0.4, 0.5) is 0 Å². The standard InChI is InChI=1S/C44H72NO10P/c1-3-5-7-9-11-13-15-17-19-20-22-24-26-28-30-32-34-36-43(47)55-40(38-53-56(50,51)54-39-41(45)44(48)49)37-52-42(46)35-33-31-29-27-25-23-21-18-16-14-12-10-8-6-4-2/h5,7,11-14,17-19,21-22,24,28,30,40-41H,3-4,6,8-10,15-16,20,23,25-27,29,31-39,45H2,1-2H3,(H,48,49)(H,50,51)/b7-5-,13-11-,14-12-,19-17-,21-18-,24-22-,30-28-. The molecule has 0 aromatic heterocycles. The predicted octanol–water partition coefficient (Wildman–Crippen LogP) is 10.7. The maximum atomic E-state index is 12.6. The quantitative estimate of drug-likeness (QED) is 0.0236. The molecule has 0 aromatic rings. The fourth-order valence-corrected chi connectivity index (χ4v) is 5.67. The van der Waals surface area contributed by atoms with E-state index in [2.05, 4.69) is 91.3 Å². The van der Waals surface area contributed by atoms with Gasteiger partial charge >= 0.3 is 25.7 Å². The SMILES string of the molecule is CC/C=C\C/C=C\C/C=C\C/C=C\C/C=C\CCCC(=O)OC(COC(=O)CCCCCCC/C=C\C/C=C\CCCCC)COP(=O)(O)OCC(N)C(=O)O. The Kier molecular flexibility index (Phi) is 36.2. The van der Waals surface area contributed by atoms with Crippen molar-refractivity contribution in [3.05, 3.63) is 85.1 Å². The molecule has 12 heteroatoms. The Balaban J connectivity index is 4.55. The molecule has 0 aromatic carbocycles. The van der Waals surface area contributed by atoms with Crippen molar-refractivity contribution in [1.82, 2.24) is 0 Å². The molecule has 0 rings (SSSR count). The number of phosphoric ester groups is 1. The lowest BCUT2D eigenvalue weighted by Crippen LogP contribution is -2.34. The zero-order valence-electron chi connectivity index (χ0n) is 34.2. The van der Waals surface area contributed by atoms with Crippen LogP contribution in [0.25, 0.3) is 0 Å². The van der Waals surface area contributed by atoms with E-state index in [1.165, 1.54) is 19.3 Å². The summed E-state index contributed by atoms with van der Waals surface area (Å²) < 4.78 is 32.6. The molecule has 4 N–H and O–H groups in total. The van der Waals surface area contributed by atoms with Gasteiger partial charge in [-0.25, -0.2) is 4.57 Å². The Labute approximate surface area is 337 Å². The van der Waals surface area contributed by atoms with Gasteiger partial charge in [0.2, 0.25) is 0 Å². The molecule has 0 saturated heterocycles. The summed E-state index contributed by atoms with van der Waals surface area (Å²) in [4.78, 5) is 45.9. The molecule has 0 aliphatic carbocycles. The lowest BCUT2D eigenvalue weighted by molar-refractivity contribution is -0.161. The van der Waals surface area contributed by atoms with Crippen molar-refractivity contribution in [2.24, 2.45) is 5.73 Å². The first-order valence-electron chi connectivity index (χ1n) is 20.6. The van der Waals surface area contributed by atoms with Gasteiger partial charge in [0.1, 0.15) is 12.6 Å². The summed E-state index contributed by atoms with van der Waals surface area (Å²) in [5.41, 5.74) is 5.32. The second kappa shape index (κ2) is 38.5. The Morgan fingerprint density at radius 3 is 1.55 bits per heavy atom. The normalized spacial score (nSPS) is 14.6. The number of nitrogens with two attached hydrogens (primary N) is 1. The van der Waals surface area contributed by atoms with E-state index in [1.807, 2.05) is 12.2 Å². The van der Waals surface area contributed by atoms with Gasteiger partial charge in [-0.15, -0.1) is 0 Å². The van der Waals surface area contributed by atoms with Gasteiger partial charge in [-0.3, -0.25) is 23.4 Å². The molecule has 0 bridgehead atoms. The molecule has 0 aliphatic rings. The summed E-state index contributed by atoms with van der Waals surface area (Å²) >= 11 is 0. The first kappa shape index (κ1) is 52.7. The van der Waals surface area contributed by atoms with Crippen molar-refractivity contribution in [2.75, 3.05) is 19.8 Å². The average molecular weight is 806 g/mol. The molecule has 318 valence electrons. The second-order valence-corrected chi connectivity index (χ2v) is 14.8. The van der Waals surface area contributed by atoms with Crippen molar-refractivity contribution in [1.29, 1.82) is 0 Å². The predicted molar refractivity (Wildman–Crippen MR) is 226 cm³/mol. The van der Waals surface area contributed by atoms with Crippen LogP contribution in [0, 0.1) is 0 Å². The van der Waals surface area contributed by atoms with Crippen LogP contribution in [0.5, 0.6) is 0 Å². The average Bonchev–Trinajstić information content (AvgIpc) is 3.17.